The number of phenolic OH excluding ortho intramolecular Hbond substituents is 2. The molecule has 0 aliphatic heterocycles. The number of phenols is 2. The number of ketones is 1. The Kier molecular flexibility index (Phi) is 6.95. The van der Waals surface area contributed by atoms with E-state index in [9.17, 15) is 19.8 Å². The molecule has 2 N–H and O–H groups in total. The van der Waals surface area contributed by atoms with E-state index >= 15 is 0 Å². The fraction of sp³-hybridized carbons (Fsp3) is 0.154. The zero-order valence-corrected chi connectivity index (χ0v) is 17.9. The first-order valence-electron chi connectivity index (χ1n) is 10.2. The van der Waals surface area contributed by atoms with Crippen LogP contribution in [0.15, 0.2) is 67.3 Å². The van der Waals surface area contributed by atoms with Crippen LogP contribution in [0.5, 0.6) is 23.0 Å². The van der Waals surface area contributed by atoms with Crippen LogP contribution in [0.2, 0.25) is 0 Å². The Bertz CT molecular complexity index is 1180. The summed E-state index contributed by atoms with van der Waals surface area (Å²) in [7, 11) is 0. The number of hydrogen-bond donors (Lipinski definition) is 2. The summed E-state index contributed by atoms with van der Waals surface area (Å²) in [6.07, 6.45) is 1.67. The molecule has 0 bridgehead atoms. The number of para-hydroxylation sites is 2. The van der Waals surface area contributed by atoms with E-state index in [1.165, 1.54) is 24.3 Å². The van der Waals surface area contributed by atoms with Crippen LogP contribution in [0.1, 0.15) is 35.3 Å². The normalized spacial score (nSPS) is 10.4. The summed E-state index contributed by atoms with van der Waals surface area (Å²) in [5.74, 6) is -1.01. The van der Waals surface area contributed by atoms with E-state index < -0.39 is 11.8 Å². The van der Waals surface area contributed by atoms with Crippen LogP contribution in [0, 0.1) is 0 Å². The summed E-state index contributed by atoms with van der Waals surface area (Å²) in [6.45, 7) is 7.49. The van der Waals surface area contributed by atoms with E-state index in [1.54, 1.807) is 25.1 Å². The number of carbonyl (C=O) groups excluding carboxylic acids is 2. The monoisotopic (exact) mass is 432 g/mol. The highest BCUT2D eigenvalue weighted by Crippen LogP contribution is 2.42. The molecule has 0 radical (unpaired) electrons. The summed E-state index contributed by atoms with van der Waals surface area (Å²) in [6, 6.07) is 14.3. The molecular weight excluding hydrogens is 408 g/mol. The van der Waals surface area contributed by atoms with Gasteiger partial charge < -0.3 is 19.7 Å². The molecule has 6 nitrogen and oxygen atoms in total. The average molecular weight is 432 g/mol. The Hall–Kier alpha value is -4.06. The lowest BCUT2D eigenvalue weighted by molar-refractivity contribution is -0.128. The lowest BCUT2D eigenvalue weighted by Crippen LogP contribution is -2.08. The quantitative estimate of drug-likeness (QED) is 0.224. The SMILES string of the molecule is C=CC(=O)Oc1c(CC)cccc1-c1cc(C(=O)c2ccccc2O)c(O)cc1OCC. The third-order valence-electron chi connectivity index (χ3n) is 4.93. The predicted molar refractivity (Wildman–Crippen MR) is 121 cm³/mol. The first-order chi connectivity index (χ1) is 15.4. The van der Waals surface area contributed by atoms with Crippen LogP contribution in [0.3, 0.4) is 0 Å². The van der Waals surface area contributed by atoms with Crippen molar-refractivity contribution in [1.29, 1.82) is 0 Å². The maximum Gasteiger partial charge on any atom is 0.335 e. The van der Waals surface area contributed by atoms with Crippen LogP contribution in [-0.2, 0) is 11.2 Å². The topological polar surface area (TPSA) is 93.1 Å². The lowest BCUT2D eigenvalue weighted by Gasteiger charge is -2.18. The van der Waals surface area contributed by atoms with Crippen molar-refractivity contribution in [2.45, 2.75) is 20.3 Å². The smallest absolute Gasteiger partial charge is 0.335 e. The maximum atomic E-state index is 13.1. The van der Waals surface area contributed by atoms with Crippen molar-refractivity contribution in [3.05, 3.63) is 83.9 Å². The fourth-order valence-electron chi connectivity index (χ4n) is 3.39. The average Bonchev–Trinajstić information content (AvgIpc) is 2.79. The first kappa shape index (κ1) is 22.6. The van der Waals surface area contributed by atoms with Gasteiger partial charge >= 0.3 is 5.97 Å². The van der Waals surface area contributed by atoms with Crippen molar-refractivity contribution in [3.63, 3.8) is 0 Å². The molecule has 6 heteroatoms. The van der Waals surface area contributed by atoms with E-state index in [0.717, 1.165) is 11.6 Å². The molecule has 3 rings (SSSR count). The van der Waals surface area contributed by atoms with E-state index in [-0.39, 0.29) is 22.6 Å². The summed E-state index contributed by atoms with van der Waals surface area (Å²) in [5, 5.41) is 20.7. The van der Waals surface area contributed by atoms with E-state index in [2.05, 4.69) is 6.58 Å². The minimum Gasteiger partial charge on any atom is -0.507 e. The highest BCUT2D eigenvalue weighted by atomic mass is 16.5. The molecule has 0 amide bonds. The number of rotatable bonds is 8. The second-order valence-corrected chi connectivity index (χ2v) is 6.92. The molecule has 164 valence electrons. The Morgan fingerprint density at radius 3 is 2.34 bits per heavy atom. The molecule has 32 heavy (non-hydrogen) atoms. The number of carbonyl (C=O) groups is 2. The number of benzene rings is 3. The Labute approximate surface area is 186 Å². The van der Waals surface area contributed by atoms with Gasteiger partial charge in [0.1, 0.15) is 23.0 Å². The molecule has 0 fully saturated rings. The van der Waals surface area contributed by atoms with E-state index in [4.69, 9.17) is 9.47 Å². The molecule has 0 atom stereocenters. The molecule has 0 aliphatic rings. The Balaban J connectivity index is 2.25. The fourth-order valence-corrected chi connectivity index (χ4v) is 3.39. The highest BCUT2D eigenvalue weighted by Gasteiger charge is 2.23. The van der Waals surface area contributed by atoms with Crippen molar-refractivity contribution in [1.82, 2.24) is 0 Å². The summed E-state index contributed by atoms with van der Waals surface area (Å²) >= 11 is 0. The third kappa shape index (κ3) is 4.49. The van der Waals surface area contributed by atoms with Gasteiger partial charge in [0.25, 0.3) is 0 Å². The van der Waals surface area contributed by atoms with Crippen LogP contribution >= 0.6 is 0 Å². The molecule has 0 aromatic heterocycles. The minimum atomic E-state index is -0.616. The molecule has 0 saturated carbocycles. The zero-order valence-electron chi connectivity index (χ0n) is 17.9. The van der Waals surface area contributed by atoms with Gasteiger partial charge in [-0.05, 0) is 37.1 Å². The number of aromatic hydroxyl groups is 2. The summed E-state index contributed by atoms with van der Waals surface area (Å²) in [5.41, 5.74) is 1.80. The van der Waals surface area contributed by atoms with Crippen LogP contribution < -0.4 is 9.47 Å². The zero-order chi connectivity index (χ0) is 23.3. The van der Waals surface area contributed by atoms with Crippen molar-refractivity contribution in [2.24, 2.45) is 0 Å². The molecule has 3 aromatic carbocycles. The second-order valence-electron chi connectivity index (χ2n) is 6.92. The molecular formula is C26H24O6. The number of ether oxygens (including phenoxy) is 2. The van der Waals surface area contributed by atoms with Crippen molar-refractivity contribution in [3.8, 4) is 34.1 Å². The van der Waals surface area contributed by atoms with E-state index in [1.807, 2.05) is 19.1 Å². The molecule has 0 spiro atoms. The van der Waals surface area contributed by atoms with Crippen molar-refractivity contribution in [2.75, 3.05) is 6.61 Å². The van der Waals surface area contributed by atoms with E-state index in [0.29, 0.717) is 35.7 Å². The Morgan fingerprint density at radius 2 is 1.69 bits per heavy atom. The van der Waals surface area contributed by atoms with Gasteiger partial charge in [0, 0.05) is 23.3 Å². The Morgan fingerprint density at radius 1 is 0.938 bits per heavy atom. The van der Waals surface area contributed by atoms with Gasteiger partial charge in [0.15, 0.2) is 5.78 Å². The third-order valence-corrected chi connectivity index (χ3v) is 4.93. The van der Waals surface area contributed by atoms with Gasteiger partial charge in [0.05, 0.1) is 17.7 Å². The molecule has 0 saturated heterocycles. The number of aryl methyl sites for hydroxylation is 1. The van der Waals surface area contributed by atoms with Gasteiger partial charge in [0.2, 0.25) is 0 Å². The van der Waals surface area contributed by atoms with Crippen molar-refractivity contribution >= 4 is 11.8 Å². The first-order valence-corrected chi connectivity index (χ1v) is 10.2. The maximum absolute atomic E-state index is 13.1. The molecule has 0 unspecified atom stereocenters. The highest BCUT2D eigenvalue weighted by molar-refractivity contribution is 6.13. The minimum absolute atomic E-state index is 0.0205. The molecule has 0 aliphatic carbocycles. The largest absolute Gasteiger partial charge is 0.507 e. The predicted octanol–water partition coefficient (Wildman–Crippen LogP) is 5.05. The van der Waals surface area contributed by atoms with Gasteiger partial charge in [-0.25, -0.2) is 4.79 Å². The molecule has 0 heterocycles. The molecule has 3 aromatic rings. The summed E-state index contributed by atoms with van der Waals surface area (Å²) < 4.78 is 11.3. The van der Waals surface area contributed by atoms with Crippen LogP contribution in [0.4, 0.5) is 0 Å². The lowest BCUT2D eigenvalue weighted by atomic mass is 9.94. The van der Waals surface area contributed by atoms with Gasteiger partial charge in [-0.2, -0.15) is 0 Å². The standard InChI is InChI=1S/C26H24O6/c1-4-16-10-9-12-17(26(16)32-24(29)5-2)19-14-20(22(28)15-23(19)31-6-3)25(30)18-11-7-8-13-21(18)27/h5,7-15,27-28H,2,4,6H2,1,3H3. The number of hydrogen-bond acceptors (Lipinski definition) is 6. The van der Waals surface area contributed by atoms with Gasteiger partial charge in [-0.15, -0.1) is 0 Å². The second kappa shape index (κ2) is 9.83. The number of esters is 1. The van der Waals surface area contributed by atoms with Gasteiger partial charge in [-0.3, -0.25) is 4.79 Å². The summed E-state index contributed by atoms with van der Waals surface area (Å²) in [4.78, 5) is 25.1. The van der Waals surface area contributed by atoms with Crippen LogP contribution in [0.25, 0.3) is 11.1 Å². The van der Waals surface area contributed by atoms with Gasteiger partial charge in [-0.1, -0.05) is 43.8 Å². The van der Waals surface area contributed by atoms with Crippen molar-refractivity contribution < 1.29 is 29.3 Å². The van der Waals surface area contributed by atoms with Crippen LogP contribution in [-0.4, -0.2) is 28.6 Å².